The van der Waals surface area contributed by atoms with Crippen LogP contribution in [0.2, 0.25) is 0 Å². The fourth-order valence-electron chi connectivity index (χ4n) is 1.64. The van der Waals surface area contributed by atoms with Gasteiger partial charge in [-0.2, -0.15) is 11.8 Å². The number of Topliss-reactive ketones (excluding diaryl/α,β-unsaturated/α-hetero) is 1. The van der Waals surface area contributed by atoms with Gasteiger partial charge in [-0.15, -0.1) is 0 Å². The van der Waals surface area contributed by atoms with E-state index in [2.05, 4.69) is 26.0 Å². The van der Waals surface area contributed by atoms with Gasteiger partial charge in [-0.1, -0.05) is 51.0 Å². The number of aryl methyl sites for hydroxylation is 1. The minimum Gasteiger partial charge on any atom is -0.293 e. The Bertz CT molecular complexity index is 329. The van der Waals surface area contributed by atoms with Crippen LogP contribution in [0.3, 0.4) is 0 Å². The minimum absolute atomic E-state index is 0.258. The molecule has 0 unspecified atom stereocenters. The van der Waals surface area contributed by atoms with Gasteiger partial charge in [0.25, 0.3) is 0 Å². The third-order valence-electron chi connectivity index (χ3n) is 2.69. The summed E-state index contributed by atoms with van der Waals surface area (Å²) in [4.78, 5) is 11.9. The number of ketones is 1. The van der Waals surface area contributed by atoms with Crippen molar-refractivity contribution in [3.8, 4) is 0 Å². The maximum atomic E-state index is 11.9. The van der Waals surface area contributed by atoms with Gasteiger partial charge < -0.3 is 0 Å². The van der Waals surface area contributed by atoms with Crippen LogP contribution >= 0.6 is 11.8 Å². The van der Waals surface area contributed by atoms with E-state index >= 15 is 0 Å². The van der Waals surface area contributed by atoms with Gasteiger partial charge in [0.2, 0.25) is 0 Å². The van der Waals surface area contributed by atoms with Gasteiger partial charge in [0.15, 0.2) is 5.78 Å². The molecule has 0 radical (unpaired) electrons. The number of unbranched alkanes of at least 4 members (excludes halogenated alkanes) is 1. The van der Waals surface area contributed by atoms with Gasteiger partial charge in [-0.25, -0.2) is 0 Å². The predicted octanol–water partition coefficient (Wildman–Crippen LogP) is 4.36. The van der Waals surface area contributed by atoms with E-state index in [1.165, 1.54) is 18.4 Å². The van der Waals surface area contributed by atoms with Gasteiger partial charge in [-0.3, -0.25) is 4.79 Å². The molecule has 0 spiro atoms. The molecule has 0 saturated carbocycles. The number of carbonyl (C=O) groups excluding carboxylic acids is 1. The zero-order valence-electron chi connectivity index (χ0n) is 10.9. The Balaban J connectivity index is 2.40. The molecule has 0 bridgehead atoms. The van der Waals surface area contributed by atoms with Crippen LogP contribution in [-0.2, 0) is 6.42 Å². The third-order valence-corrected chi connectivity index (χ3v) is 3.73. The van der Waals surface area contributed by atoms with Crippen molar-refractivity contribution in [2.24, 2.45) is 0 Å². The van der Waals surface area contributed by atoms with Crippen molar-refractivity contribution in [3.05, 3.63) is 35.4 Å². The molecule has 1 aromatic rings. The average molecular weight is 250 g/mol. The fraction of sp³-hybridized carbons (Fsp3) is 0.533. The smallest absolute Gasteiger partial charge is 0.172 e. The number of benzene rings is 1. The summed E-state index contributed by atoms with van der Waals surface area (Å²) in [6, 6.07) is 8.09. The maximum Gasteiger partial charge on any atom is 0.172 e. The number of carbonyl (C=O) groups is 1. The summed E-state index contributed by atoms with van der Waals surface area (Å²) in [5, 5.41) is 0. The first-order valence-electron chi connectivity index (χ1n) is 6.47. The molecular weight excluding hydrogens is 228 g/mol. The molecule has 1 aromatic carbocycles. The van der Waals surface area contributed by atoms with E-state index in [4.69, 9.17) is 0 Å². The molecule has 94 valence electrons. The Kier molecular flexibility index (Phi) is 7.02. The molecule has 0 fully saturated rings. The molecule has 0 saturated heterocycles. The van der Waals surface area contributed by atoms with Crippen LogP contribution in [-0.4, -0.2) is 17.3 Å². The largest absolute Gasteiger partial charge is 0.293 e. The zero-order valence-corrected chi connectivity index (χ0v) is 11.7. The molecule has 17 heavy (non-hydrogen) atoms. The molecule has 2 heteroatoms. The zero-order chi connectivity index (χ0) is 12.5. The average Bonchev–Trinajstić information content (AvgIpc) is 2.36. The lowest BCUT2D eigenvalue weighted by Gasteiger charge is -2.03. The summed E-state index contributed by atoms with van der Waals surface area (Å²) in [5.74, 6) is 1.97. The van der Waals surface area contributed by atoms with E-state index in [-0.39, 0.29) is 5.78 Å². The van der Waals surface area contributed by atoms with Crippen molar-refractivity contribution in [2.45, 2.75) is 39.5 Å². The third kappa shape index (κ3) is 5.40. The van der Waals surface area contributed by atoms with Crippen molar-refractivity contribution in [3.63, 3.8) is 0 Å². The van der Waals surface area contributed by atoms with Gasteiger partial charge in [-0.05, 0) is 24.2 Å². The summed E-state index contributed by atoms with van der Waals surface area (Å²) in [6.45, 7) is 4.35. The fourth-order valence-corrected chi connectivity index (χ4v) is 2.63. The lowest BCUT2D eigenvalue weighted by atomic mass is 10.1. The lowest BCUT2D eigenvalue weighted by molar-refractivity contribution is 0.102. The van der Waals surface area contributed by atoms with Crippen LogP contribution in [0.25, 0.3) is 0 Å². The van der Waals surface area contributed by atoms with Crippen molar-refractivity contribution in [2.75, 3.05) is 11.5 Å². The quantitative estimate of drug-likeness (QED) is 0.504. The van der Waals surface area contributed by atoms with E-state index in [1.807, 2.05) is 12.1 Å². The summed E-state index contributed by atoms with van der Waals surface area (Å²) in [6.07, 6.45) is 4.65. The Morgan fingerprint density at radius 3 is 2.41 bits per heavy atom. The van der Waals surface area contributed by atoms with Crippen LogP contribution in [0.15, 0.2) is 24.3 Å². The van der Waals surface area contributed by atoms with E-state index in [9.17, 15) is 4.79 Å². The molecule has 0 heterocycles. The second-order valence-corrected chi connectivity index (χ2v) is 5.38. The van der Waals surface area contributed by atoms with Crippen molar-refractivity contribution < 1.29 is 4.79 Å². The molecule has 0 amide bonds. The lowest BCUT2D eigenvalue weighted by Crippen LogP contribution is -2.03. The first-order chi connectivity index (χ1) is 8.27. The topological polar surface area (TPSA) is 17.1 Å². The number of hydrogen-bond acceptors (Lipinski definition) is 2. The highest BCUT2D eigenvalue weighted by molar-refractivity contribution is 7.99. The Hall–Kier alpha value is -0.760. The maximum absolute atomic E-state index is 11.9. The predicted molar refractivity (Wildman–Crippen MR) is 77.0 cm³/mol. The summed E-state index contributed by atoms with van der Waals surface area (Å²) >= 11 is 1.75. The van der Waals surface area contributed by atoms with Crippen molar-refractivity contribution >= 4 is 17.5 Å². The van der Waals surface area contributed by atoms with Gasteiger partial charge in [0.05, 0.1) is 5.75 Å². The van der Waals surface area contributed by atoms with Gasteiger partial charge in [0, 0.05) is 5.56 Å². The van der Waals surface area contributed by atoms with E-state index in [0.717, 1.165) is 24.2 Å². The second kappa shape index (κ2) is 8.35. The highest BCUT2D eigenvalue weighted by Gasteiger charge is 2.05. The monoisotopic (exact) mass is 250 g/mol. The second-order valence-electron chi connectivity index (χ2n) is 4.28. The molecule has 0 aliphatic carbocycles. The molecule has 1 nitrogen and oxygen atoms in total. The minimum atomic E-state index is 0.258. The molecule has 0 aromatic heterocycles. The Morgan fingerprint density at radius 2 is 1.82 bits per heavy atom. The SMILES string of the molecule is CCCCSCC(=O)c1ccc(CCC)cc1. The Labute approximate surface area is 109 Å². The summed E-state index contributed by atoms with van der Waals surface area (Å²) in [7, 11) is 0. The van der Waals surface area contributed by atoms with E-state index in [1.54, 1.807) is 11.8 Å². The molecule has 0 N–H and O–H groups in total. The Morgan fingerprint density at radius 1 is 1.12 bits per heavy atom. The van der Waals surface area contributed by atoms with Crippen LogP contribution in [0.1, 0.15) is 49.0 Å². The molecular formula is C15H22OS. The van der Waals surface area contributed by atoms with E-state index in [0.29, 0.717) is 5.75 Å². The van der Waals surface area contributed by atoms with Crippen LogP contribution in [0, 0.1) is 0 Å². The molecule has 1 rings (SSSR count). The first-order valence-corrected chi connectivity index (χ1v) is 7.63. The summed E-state index contributed by atoms with van der Waals surface area (Å²) in [5.41, 5.74) is 2.18. The number of hydrogen-bond donors (Lipinski definition) is 0. The number of rotatable bonds is 8. The highest BCUT2D eigenvalue weighted by Crippen LogP contribution is 2.11. The van der Waals surface area contributed by atoms with Crippen molar-refractivity contribution in [1.29, 1.82) is 0 Å². The van der Waals surface area contributed by atoms with Crippen molar-refractivity contribution in [1.82, 2.24) is 0 Å². The first kappa shape index (κ1) is 14.3. The van der Waals surface area contributed by atoms with Crippen LogP contribution in [0.5, 0.6) is 0 Å². The standard InChI is InChI=1S/C15H22OS/c1-3-5-11-17-12-15(16)14-9-7-13(6-4-2)8-10-14/h7-10H,3-6,11-12H2,1-2H3. The van der Waals surface area contributed by atoms with E-state index < -0.39 is 0 Å². The highest BCUT2D eigenvalue weighted by atomic mass is 32.2. The van der Waals surface area contributed by atoms with Gasteiger partial charge >= 0.3 is 0 Å². The molecule has 0 aliphatic heterocycles. The molecule has 0 aliphatic rings. The summed E-state index contributed by atoms with van der Waals surface area (Å²) < 4.78 is 0. The van der Waals surface area contributed by atoms with Crippen LogP contribution < -0.4 is 0 Å². The number of thioether (sulfide) groups is 1. The normalized spacial score (nSPS) is 10.5. The van der Waals surface area contributed by atoms with Crippen LogP contribution in [0.4, 0.5) is 0 Å². The molecule has 0 atom stereocenters. The van der Waals surface area contributed by atoms with Gasteiger partial charge in [0.1, 0.15) is 0 Å².